The van der Waals surface area contributed by atoms with Crippen molar-refractivity contribution in [3.05, 3.63) is 66.2 Å². The van der Waals surface area contributed by atoms with E-state index < -0.39 is 0 Å². The van der Waals surface area contributed by atoms with Crippen LogP contribution in [0.3, 0.4) is 0 Å². The Hall–Kier alpha value is -3.08. The average molecular weight is 364 g/mol. The molecule has 140 valence electrons. The summed E-state index contributed by atoms with van der Waals surface area (Å²) in [5, 5.41) is 0. The van der Waals surface area contributed by atoms with Crippen LogP contribution in [0.4, 0.5) is 11.4 Å². The third kappa shape index (κ3) is 3.87. The molecule has 1 aliphatic rings. The van der Waals surface area contributed by atoms with Crippen LogP contribution in [0, 0.1) is 0 Å². The van der Waals surface area contributed by atoms with E-state index in [1.54, 1.807) is 38.4 Å². The molecule has 5 nitrogen and oxygen atoms in total. The zero-order chi connectivity index (χ0) is 19.4. The van der Waals surface area contributed by atoms with Gasteiger partial charge in [0.1, 0.15) is 5.75 Å². The highest BCUT2D eigenvalue weighted by Gasteiger charge is 2.23. The largest absolute Gasteiger partial charge is 0.497 e. The van der Waals surface area contributed by atoms with Crippen LogP contribution in [-0.2, 0) is 11.2 Å². The third-order valence-corrected chi connectivity index (χ3v) is 4.91. The predicted octanol–water partition coefficient (Wildman–Crippen LogP) is 3.83. The number of carbonyl (C=O) groups is 2. The quantitative estimate of drug-likeness (QED) is 0.775. The highest BCUT2D eigenvalue weighted by molar-refractivity contribution is 6.07. The molecular weight excluding hydrogens is 340 g/mol. The average Bonchev–Trinajstić information content (AvgIpc) is 2.94. The van der Waals surface area contributed by atoms with Crippen molar-refractivity contribution in [2.45, 2.75) is 19.3 Å². The van der Waals surface area contributed by atoms with Gasteiger partial charge in [-0.1, -0.05) is 6.58 Å². The minimum Gasteiger partial charge on any atom is -0.497 e. The number of aryl methyl sites for hydroxylation is 1. The zero-order valence-electron chi connectivity index (χ0n) is 15.8. The fraction of sp³-hybridized carbons (Fsp3) is 0.273. The molecule has 1 heterocycles. The summed E-state index contributed by atoms with van der Waals surface area (Å²) in [5.74, 6) is 0.583. The van der Waals surface area contributed by atoms with Gasteiger partial charge >= 0.3 is 0 Å². The smallest absolute Gasteiger partial charge is 0.258 e. The van der Waals surface area contributed by atoms with Crippen LogP contribution in [0.25, 0.3) is 0 Å². The van der Waals surface area contributed by atoms with Crippen molar-refractivity contribution >= 4 is 23.2 Å². The van der Waals surface area contributed by atoms with E-state index in [1.807, 2.05) is 23.1 Å². The number of nitrogens with zero attached hydrogens (tertiary/aromatic N) is 2. The Morgan fingerprint density at radius 3 is 2.56 bits per heavy atom. The molecule has 27 heavy (non-hydrogen) atoms. The van der Waals surface area contributed by atoms with Crippen LogP contribution < -0.4 is 14.5 Å². The van der Waals surface area contributed by atoms with E-state index in [0.717, 1.165) is 42.0 Å². The number of fused-ring (bicyclic) bond motifs is 1. The van der Waals surface area contributed by atoms with Crippen molar-refractivity contribution in [2.75, 3.05) is 30.5 Å². The number of rotatable bonds is 4. The molecule has 0 radical (unpaired) electrons. The summed E-state index contributed by atoms with van der Waals surface area (Å²) in [7, 11) is 3.33. The van der Waals surface area contributed by atoms with Crippen molar-refractivity contribution in [3.63, 3.8) is 0 Å². The second-order valence-corrected chi connectivity index (χ2v) is 6.56. The highest BCUT2D eigenvalue weighted by atomic mass is 16.5. The molecule has 0 unspecified atom stereocenters. The molecule has 0 spiro atoms. The maximum absolute atomic E-state index is 13.1. The van der Waals surface area contributed by atoms with Crippen molar-refractivity contribution in [3.8, 4) is 5.75 Å². The Kier molecular flexibility index (Phi) is 5.60. The van der Waals surface area contributed by atoms with E-state index in [1.165, 1.54) is 11.0 Å². The molecule has 5 heteroatoms. The predicted molar refractivity (Wildman–Crippen MR) is 108 cm³/mol. The first-order chi connectivity index (χ1) is 13.0. The van der Waals surface area contributed by atoms with E-state index in [9.17, 15) is 9.59 Å². The molecule has 2 aromatic carbocycles. The van der Waals surface area contributed by atoms with Gasteiger partial charge in [0.2, 0.25) is 5.91 Å². The van der Waals surface area contributed by atoms with Crippen molar-refractivity contribution < 1.29 is 14.3 Å². The maximum atomic E-state index is 13.1. The molecule has 0 bridgehead atoms. The van der Waals surface area contributed by atoms with Crippen LogP contribution in [0.1, 0.15) is 28.8 Å². The van der Waals surface area contributed by atoms with E-state index in [-0.39, 0.29) is 11.8 Å². The fourth-order valence-electron chi connectivity index (χ4n) is 3.32. The Bertz CT molecular complexity index is 858. The molecule has 0 atom stereocenters. The van der Waals surface area contributed by atoms with Crippen molar-refractivity contribution in [1.29, 1.82) is 0 Å². The summed E-state index contributed by atoms with van der Waals surface area (Å²) in [5.41, 5.74) is 3.40. The lowest BCUT2D eigenvalue weighted by Crippen LogP contribution is -2.31. The van der Waals surface area contributed by atoms with Crippen LogP contribution in [-0.4, -0.2) is 32.5 Å². The first-order valence-corrected chi connectivity index (χ1v) is 9.04. The number of hydrogen-bond acceptors (Lipinski definition) is 3. The molecule has 1 aliphatic heterocycles. The molecule has 0 aromatic heterocycles. The number of hydrogen-bond donors (Lipinski definition) is 0. The molecule has 2 amide bonds. The zero-order valence-corrected chi connectivity index (χ0v) is 15.8. The van der Waals surface area contributed by atoms with Crippen LogP contribution in [0.15, 0.2) is 55.1 Å². The normalized spacial score (nSPS) is 13.3. The topological polar surface area (TPSA) is 49.9 Å². The molecular formula is C22H24N2O3. The van der Waals surface area contributed by atoms with E-state index in [0.29, 0.717) is 12.1 Å². The van der Waals surface area contributed by atoms with Crippen molar-refractivity contribution in [1.82, 2.24) is 0 Å². The number of amides is 2. The second kappa shape index (κ2) is 8.08. The summed E-state index contributed by atoms with van der Waals surface area (Å²) in [6.07, 6.45) is 4.19. The third-order valence-electron chi connectivity index (χ3n) is 4.91. The van der Waals surface area contributed by atoms with Crippen LogP contribution >= 0.6 is 0 Å². The van der Waals surface area contributed by atoms with Gasteiger partial charge in [0.05, 0.1) is 7.11 Å². The second-order valence-electron chi connectivity index (χ2n) is 6.56. The number of ether oxygens (including phenoxy) is 1. The summed E-state index contributed by atoms with van der Waals surface area (Å²) in [6, 6.07) is 12.9. The van der Waals surface area contributed by atoms with Crippen LogP contribution in [0.5, 0.6) is 5.75 Å². The lowest BCUT2D eigenvalue weighted by Gasteiger charge is -2.24. The van der Waals surface area contributed by atoms with Gasteiger partial charge in [0.25, 0.3) is 5.91 Å². The van der Waals surface area contributed by atoms with Gasteiger partial charge in [-0.2, -0.15) is 0 Å². The van der Waals surface area contributed by atoms with Gasteiger partial charge in [-0.25, -0.2) is 0 Å². The molecule has 0 aliphatic carbocycles. The Balaban J connectivity index is 1.87. The monoisotopic (exact) mass is 364 g/mol. The maximum Gasteiger partial charge on any atom is 0.258 e. The summed E-state index contributed by atoms with van der Waals surface area (Å²) in [4.78, 5) is 28.2. The lowest BCUT2D eigenvalue weighted by atomic mass is 10.1. The Morgan fingerprint density at radius 1 is 1.15 bits per heavy atom. The Morgan fingerprint density at radius 2 is 1.89 bits per heavy atom. The molecule has 0 fully saturated rings. The van der Waals surface area contributed by atoms with E-state index >= 15 is 0 Å². The van der Waals surface area contributed by atoms with Crippen LogP contribution in [0.2, 0.25) is 0 Å². The number of anilines is 2. The van der Waals surface area contributed by atoms with Gasteiger partial charge < -0.3 is 14.5 Å². The summed E-state index contributed by atoms with van der Waals surface area (Å²) >= 11 is 0. The number of benzene rings is 2. The van der Waals surface area contributed by atoms with Gasteiger partial charge in [-0.3, -0.25) is 9.59 Å². The summed E-state index contributed by atoms with van der Waals surface area (Å²) < 4.78 is 5.32. The van der Waals surface area contributed by atoms with Crippen molar-refractivity contribution in [2.24, 2.45) is 0 Å². The number of carbonyl (C=O) groups excluding carboxylic acids is 2. The highest BCUT2D eigenvalue weighted by Crippen LogP contribution is 2.31. The fourth-order valence-corrected chi connectivity index (χ4v) is 3.32. The SMILES string of the molecule is C=CC(=O)N(C)c1ccc(C(=O)N2CCCCc3cc(OC)ccc32)cc1. The number of likely N-dealkylation sites (N-methyl/N-ethyl adjacent to an activating group) is 1. The first kappa shape index (κ1) is 18.7. The summed E-state index contributed by atoms with van der Waals surface area (Å²) in [6.45, 7) is 4.19. The van der Waals surface area contributed by atoms with E-state index in [4.69, 9.17) is 4.74 Å². The molecule has 0 saturated carbocycles. The minimum absolute atomic E-state index is 0.0347. The molecule has 2 aromatic rings. The molecule has 3 rings (SSSR count). The van der Waals surface area contributed by atoms with E-state index in [2.05, 4.69) is 6.58 Å². The first-order valence-electron chi connectivity index (χ1n) is 9.04. The molecule has 0 N–H and O–H groups in total. The van der Waals surface area contributed by atoms with Gasteiger partial charge in [0, 0.05) is 30.5 Å². The van der Waals surface area contributed by atoms with Gasteiger partial charge in [-0.15, -0.1) is 0 Å². The molecule has 0 saturated heterocycles. The number of methoxy groups -OCH3 is 1. The lowest BCUT2D eigenvalue weighted by molar-refractivity contribution is -0.113. The van der Waals surface area contributed by atoms with Gasteiger partial charge in [0.15, 0.2) is 0 Å². The van der Waals surface area contributed by atoms with Gasteiger partial charge in [-0.05, 0) is 73.4 Å². The Labute approximate surface area is 159 Å². The standard InChI is InChI=1S/C22H24N2O3/c1-4-21(25)23(2)18-10-8-16(9-11-18)22(26)24-14-6-5-7-17-15-19(27-3)12-13-20(17)24/h4,8-13,15H,1,5-7,14H2,2-3H3. The minimum atomic E-state index is -0.190.